The van der Waals surface area contributed by atoms with Crippen LogP contribution in [0.4, 0.5) is 0 Å². The lowest BCUT2D eigenvalue weighted by Crippen LogP contribution is -2.01. The average Bonchev–Trinajstić information content (AvgIpc) is 3.85. The van der Waals surface area contributed by atoms with E-state index in [-0.39, 0.29) is 0 Å². The van der Waals surface area contributed by atoms with Crippen molar-refractivity contribution in [3.8, 4) is 45.3 Å². The number of para-hydroxylation sites is 2. The number of benzene rings is 9. The van der Waals surface area contributed by atoms with Crippen LogP contribution >= 0.6 is 0 Å². The molecule has 0 atom stereocenters. The van der Waals surface area contributed by atoms with E-state index in [0.29, 0.717) is 17.5 Å². The number of furan rings is 2. The summed E-state index contributed by atoms with van der Waals surface area (Å²) in [6.07, 6.45) is 0. The first-order chi connectivity index (χ1) is 27.7. The summed E-state index contributed by atoms with van der Waals surface area (Å²) < 4.78 is 12.4. The molecule has 9 aromatic carbocycles. The molecule has 0 fully saturated rings. The highest BCUT2D eigenvalue weighted by Crippen LogP contribution is 2.40. The van der Waals surface area contributed by atoms with Gasteiger partial charge in [-0.3, -0.25) is 0 Å². The molecular weight excluding hydrogens is 687 g/mol. The van der Waals surface area contributed by atoms with Crippen LogP contribution in [0.3, 0.4) is 0 Å². The molecule has 12 aromatic rings. The Bertz CT molecular complexity index is 3540. The van der Waals surface area contributed by atoms with Gasteiger partial charge in [0.1, 0.15) is 22.3 Å². The number of hydrogen-bond donors (Lipinski definition) is 0. The predicted molar refractivity (Wildman–Crippen MR) is 229 cm³/mol. The molecule has 5 heteroatoms. The highest BCUT2D eigenvalue weighted by atomic mass is 16.3. The quantitative estimate of drug-likeness (QED) is 0.170. The molecule has 3 aromatic heterocycles. The molecule has 5 nitrogen and oxygen atoms in total. The van der Waals surface area contributed by atoms with Gasteiger partial charge in [-0.2, -0.15) is 0 Å². The maximum absolute atomic E-state index is 6.21. The number of nitrogens with zero attached hydrogens (tertiary/aromatic N) is 3. The Kier molecular flexibility index (Phi) is 6.56. The summed E-state index contributed by atoms with van der Waals surface area (Å²) in [5.74, 6) is 1.85. The molecule has 0 N–H and O–H groups in total. The van der Waals surface area contributed by atoms with E-state index in [9.17, 15) is 0 Å². The van der Waals surface area contributed by atoms with E-state index in [4.69, 9.17) is 23.8 Å². The average molecular weight is 716 g/mol. The fraction of sp³-hybridized carbons (Fsp3) is 0. The zero-order valence-electron chi connectivity index (χ0n) is 29.9. The Balaban J connectivity index is 1.05. The van der Waals surface area contributed by atoms with Crippen molar-refractivity contribution < 1.29 is 8.83 Å². The smallest absolute Gasteiger partial charge is 0.164 e. The highest BCUT2D eigenvalue weighted by molar-refractivity contribution is 6.19. The molecule has 3 heterocycles. The van der Waals surface area contributed by atoms with Gasteiger partial charge in [-0.15, -0.1) is 0 Å². The maximum atomic E-state index is 6.21. The van der Waals surface area contributed by atoms with Crippen LogP contribution < -0.4 is 0 Å². The van der Waals surface area contributed by atoms with Gasteiger partial charge >= 0.3 is 0 Å². The van der Waals surface area contributed by atoms with Crippen molar-refractivity contribution in [3.63, 3.8) is 0 Å². The third kappa shape index (κ3) is 4.71. The lowest BCUT2D eigenvalue weighted by molar-refractivity contribution is 0.668. The molecule has 0 radical (unpaired) electrons. The summed E-state index contributed by atoms with van der Waals surface area (Å²) in [5, 5.41) is 11.2. The third-order valence-corrected chi connectivity index (χ3v) is 11.1. The molecular formula is C51H29N3O2. The summed E-state index contributed by atoms with van der Waals surface area (Å²) in [6, 6.07) is 61.0. The van der Waals surface area contributed by atoms with Gasteiger partial charge in [0.2, 0.25) is 0 Å². The van der Waals surface area contributed by atoms with Crippen molar-refractivity contribution in [2.45, 2.75) is 0 Å². The summed E-state index contributed by atoms with van der Waals surface area (Å²) in [5.41, 5.74) is 8.51. The van der Waals surface area contributed by atoms with E-state index in [1.807, 2.05) is 30.3 Å². The number of fused-ring (bicyclic) bond motifs is 11. The molecule has 0 aliphatic carbocycles. The van der Waals surface area contributed by atoms with Crippen LogP contribution in [0.1, 0.15) is 0 Å². The molecule has 0 aliphatic rings. The molecule has 0 amide bonds. The summed E-state index contributed by atoms with van der Waals surface area (Å²) in [7, 11) is 0. The zero-order valence-corrected chi connectivity index (χ0v) is 29.9. The topological polar surface area (TPSA) is 65.0 Å². The predicted octanol–water partition coefficient (Wildman–Crippen LogP) is 13.8. The van der Waals surface area contributed by atoms with Gasteiger partial charge < -0.3 is 8.83 Å². The summed E-state index contributed by atoms with van der Waals surface area (Å²) in [6.45, 7) is 0. The number of hydrogen-bond acceptors (Lipinski definition) is 5. The van der Waals surface area contributed by atoms with E-state index in [1.165, 1.54) is 5.39 Å². The molecule has 0 bridgehead atoms. The Hall–Kier alpha value is -7.63. The molecule has 0 saturated heterocycles. The van der Waals surface area contributed by atoms with Gasteiger partial charge in [0, 0.05) is 38.2 Å². The summed E-state index contributed by atoms with van der Waals surface area (Å²) >= 11 is 0. The minimum absolute atomic E-state index is 0.608. The van der Waals surface area contributed by atoms with Gasteiger partial charge in [-0.1, -0.05) is 140 Å². The van der Waals surface area contributed by atoms with Crippen LogP contribution in [0.25, 0.3) is 121 Å². The molecule has 260 valence electrons. The molecule has 0 saturated carbocycles. The largest absolute Gasteiger partial charge is 0.456 e. The Morgan fingerprint density at radius 2 is 0.839 bits per heavy atom. The molecule has 0 spiro atoms. The van der Waals surface area contributed by atoms with E-state index in [2.05, 4.69) is 146 Å². The van der Waals surface area contributed by atoms with Crippen LogP contribution in [-0.2, 0) is 0 Å². The second-order valence-corrected chi connectivity index (χ2v) is 14.3. The fourth-order valence-corrected chi connectivity index (χ4v) is 8.50. The van der Waals surface area contributed by atoms with E-state index in [0.717, 1.165) is 98.6 Å². The van der Waals surface area contributed by atoms with Crippen LogP contribution in [0.2, 0.25) is 0 Å². The van der Waals surface area contributed by atoms with E-state index < -0.39 is 0 Å². The molecule has 56 heavy (non-hydrogen) atoms. The third-order valence-electron chi connectivity index (χ3n) is 11.1. The van der Waals surface area contributed by atoms with E-state index in [1.54, 1.807) is 0 Å². The Morgan fingerprint density at radius 3 is 1.62 bits per heavy atom. The lowest BCUT2D eigenvalue weighted by Gasteiger charge is -2.13. The normalized spacial score (nSPS) is 11.9. The van der Waals surface area contributed by atoms with Crippen molar-refractivity contribution in [1.82, 2.24) is 15.0 Å². The first-order valence-corrected chi connectivity index (χ1v) is 18.8. The van der Waals surface area contributed by atoms with Crippen LogP contribution in [0.5, 0.6) is 0 Å². The van der Waals surface area contributed by atoms with Crippen LogP contribution in [0, 0.1) is 0 Å². The van der Waals surface area contributed by atoms with Crippen molar-refractivity contribution in [1.29, 1.82) is 0 Å². The number of rotatable bonds is 4. The van der Waals surface area contributed by atoms with Crippen molar-refractivity contribution in [3.05, 3.63) is 176 Å². The zero-order chi connectivity index (χ0) is 36.7. The standard InChI is InChI=1S/C51H29N3O2/c1-2-11-35-32(10-1)29-42(39-13-4-3-12-38(35)39)51-53-49(31-22-20-30(21-23-31)36-16-9-19-45-47(36)40-14-5-7-17-43(40)55-45)52-50(54-51)34-24-26-37-33(28-34)25-27-46-48(37)41-15-6-8-18-44(41)56-46/h1-29H. The molecule has 0 aliphatic heterocycles. The second-order valence-electron chi connectivity index (χ2n) is 14.3. The minimum atomic E-state index is 0.608. The maximum Gasteiger partial charge on any atom is 0.164 e. The van der Waals surface area contributed by atoms with Gasteiger partial charge in [0.25, 0.3) is 0 Å². The van der Waals surface area contributed by atoms with Gasteiger partial charge in [0.05, 0.1) is 0 Å². The van der Waals surface area contributed by atoms with Crippen LogP contribution in [-0.4, -0.2) is 15.0 Å². The van der Waals surface area contributed by atoms with Crippen molar-refractivity contribution >= 4 is 76.2 Å². The van der Waals surface area contributed by atoms with Gasteiger partial charge in [-0.05, 0) is 79.8 Å². The monoisotopic (exact) mass is 715 g/mol. The fourth-order valence-electron chi connectivity index (χ4n) is 8.50. The first kappa shape index (κ1) is 30.8. The Morgan fingerprint density at radius 1 is 0.286 bits per heavy atom. The van der Waals surface area contributed by atoms with Gasteiger partial charge in [-0.25, -0.2) is 15.0 Å². The van der Waals surface area contributed by atoms with Crippen LogP contribution in [0.15, 0.2) is 185 Å². The van der Waals surface area contributed by atoms with Crippen molar-refractivity contribution in [2.75, 3.05) is 0 Å². The second kappa shape index (κ2) is 11.9. The summed E-state index contributed by atoms with van der Waals surface area (Å²) in [4.78, 5) is 15.6. The number of aromatic nitrogens is 3. The first-order valence-electron chi connectivity index (χ1n) is 18.8. The SMILES string of the molecule is c1ccc2c(c1)cc(-c1nc(-c3ccc(-c4cccc5oc6ccccc6c45)cc3)nc(-c3ccc4c(ccc5oc6ccccc6c54)c3)n1)c1ccccc12. The lowest BCUT2D eigenvalue weighted by atomic mass is 9.96. The Labute approximate surface area is 320 Å². The van der Waals surface area contributed by atoms with Gasteiger partial charge in [0.15, 0.2) is 17.5 Å². The molecule has 0 unspecified atom stereocenters. The highest BCUT2D eigenvalue weighted by Gasteiger charge is 2.18. The molecule has 12 rings (SSSR count). The van der Waals surface area contributed by atoms with E-state index >= 15 is 0 Å². The van der Waals surface area contributed by atoms with Crippen molar-refractivity contribution in [2.24, 2.45) is 0 Å². The minimum Gasteiger partial charge on any atom is -0.456 e.